The monoisotopic (exact) mass is 205 g/mol. The summed E-state index contributed by atoms with van der Waals surface area (Å²) in [5.74, 6) is 0. The Morgan fingerprint density at radius 3 is 2.80 bits per heavy atom. The van der Waals surface area contributed by atoms with Gasteiger partial charge in [0.2, 0.25) is 0 Å². The lowest BCUT2D eigenvalue weighted by atomic mass is 10.1. The zero-order chi connectivity index (χ0) is 10.5. The standard InChI is InChI=1S/C12H19N3/c1-2-12(11-5-3-4-6-14-11)15-9-7-13-8-10-15/h3-6,12-13H,2,7-10H2,1H3. The molecule has 2 rings (SSSR count). The maximum Gasteiger partial charge on any atom is 0.0575 e. The van der Waals surface area contributed by atoms with Gasteiger partial charge >= 0.3 is 0 Å². The van der Waals surface area contributed by atoms with Gasteiger partial charge in [-0.15, -0.1) is 0 Å². The third kappa shape index (κ3) is 2.55. The van der Waals surface area contributed by atoms with Crippen molar-refractivity contribution in [3.63, 3.8) is 0 Å². The van der Waals surface area contributed by atoms with Crippen molar-refractivity contribution in [2.75, 3.05) is 26.2 Å². The minimum absolute atomic E-state index is 0.494. The lowest BCUT2D eigenvalue weighted by Crippen LogP contribution is -2.45. The molecule has 0 aromatic carbocycles. The third-order valence-corrected chi connectivity index (χ3v) is 3.01. The Labute approximate surface area is 91.5 Å². The minimum Gasteiger partial charge on any atom is -0.314 e. The van der Waals surface area contributed by atoms with Gasteiger partial charge in [-0.3, -0.25) is 9.88 Å². The largest absolute Gasteiger partial charge is 0.314 e. The van der Waals surface area contributed by atoms with Crippen molar-refractivity contribution in [1.82, 2.24) is 15.2 Å². The maximum atomic E-state index is 4.46. The molecule has 0 spiro atoms. The molecule has 0 amide bonds. The Morgan fingerprint density at radius 1 is 1.40 bits per heavy atom. The molecule has 1 aromatic heterocycles. The Balaban J connectivity index is 2.09. The van der Waals surface area contributed by atoms with Crippen LogP contribution >= 0.6 is 0 Å². The molecule has 1 aliphatic rings. The molecule has 1 saturated heterocycles. The van der Waals surface area contributed by atoms with Crippen LogP contribution < -0.4 is 5.32 Å². The van der Waals surface area contributed by atoms with E-state index in [-0.39, 0.29) is 0 Å². The second-order valence-electron chi connectivity index (χ2n) is 3.96. The molecule has 82 valence electrons. The summed E-state index contributed by atoms with van der Waals surface area (Å²) in [4.78, 5) is 6.99. The summed E-state index contributed by atoms with van der Waals surface area (Å²) in [6, 6.07) is 6.69. The van der Waals surface area contributed by atoms with Crippen LogP contribution in [-0.2, 0) is 0 Å². The molecule has 2 heterocycles. The van der Waals surface area contributed by atoms with Gasteiger partial charge in [-0.05, 0) is 18.6 Å². The quantitative estimate of drug-likeness (QED) is 0.809. The fraction of sp³-hybridized carbons (Fsp3) is 0.583. The predicted molar refractivity (Wildman–Crippen MR) is 61.7 cm³/mol. The van der Waals surface area contributed by atoms with Gasteiger partial charge in [0.05, 0.1) is 11.7 Å². The number of hydrogen-bond acceptors (Lipinski definition) is 3. The van der Waals surface area contributed by atoms with E-state index in [1.807, 2.05) is 12.3 Å². The number of hydrogen-bond donors (Lipinski definition) is 1. The molecule has 0 aliphatic carbocycles. The van der Waals surface area contributed by atoms with Gasteiger partial charge in [-0.2, -0.15) is 0 Å². The van der Waals surface area contributed by atoms with E-state index in [1.165, 1.54) is 5.69 Å². The van der Waals surface area contributed by atoms with Crippen LogP contribution in [-0.4, -0.2) is 36.1 Å². The number of nitrogens with zero attached hydrogens (tertiary/aromatic N) is 2. The van der Waals surface area contributed by atoms with Crippen LogP contribution in [0.15, 0.2) is 24.4 Å². The van der Waals surface area contributed by atoms with Crippen molar-refractivity contribution in [3.05, 3.63) is 30.1 Å². The molecule has 3 heteroatoms. The van der Waals surface area contributed by atoms with Crippen LogP contribution in [0.4, 0.5) is 0 Å². The van der Waals surface area contributed by atoms with Crippen molar-refractivity contribution in [2.45, 2.75) is 19.4 Å². The number of nitrogens with one attached hydrogen (secondary N) is 1. The Morgan fingerprint density at radius 2 is 2.20 bits per heavy atom. The Bertz CT molecular complexity index is 280. The molecule has 0 radical (unpaired) electrons. The second-order valence-corrected chi connectivity index (χ2v) is 3.96. The number of piperazine rings is 1. The van der Waals surface area contributed by atoms with Crippen molar-refractivity contribution in [1.29, 1.82) is 0 Å². The number of rotatable bonds is 3. The summed E-state index contributed by atoms with van der Waals surface area (Å²) in [5.41, 5.74) is 1.21. The third-order valence-electron chi connectivity index (χ3n) is 3.01. The van der Waals surface area contributed by atoms with Crippen LogP contribution in [0.5, 0.6) is 0 Å². The molecule has 1 atom stereocenters. The Hall–Kier alpha value is -0.930. The maximum absolute atomic E-state index is 4.46. The normalized spacial score (nSPS) is 20.1. The van der Waals surface area contributed by atoms with E-state index in [9.17, 15) is 0 Å². The minimum atomic E-state index is 0.494. The molecule has 1 fully saturated rings. The molecule has 1 aliphatic heterocycles. The van der Waals surface area contributed by atoms with E-state index >= 15 is 0 Å². The fourth-order valence-corrected chi connectivity index (χ4v) is 2.22. The summed E-state index contributed by atoms with van der Waals surface area (Å²) in [6.45, 7) is 6.71. The summed E-state index contributed by atoms with van der Waals surface area (Å²) in [6.07, 6.45) is 3.03. The van der Waals surface area contributed by atoms with Gasteiger partial charge in [0.25, 0.3) is 0 Å². The SMILES string of the molecule is CCC(c1ccccn1)N1CCNCC1. The van der Waals surface area contributed by atoms with Crippen LogP contribution in [0.3, 0.4) is 0 Å². The number of pyridine rings is 1. The average Bonchev–Trinajstić information content (AvgIpc) is 2.33. The molecule has 0 saturated carbocycles. The summed E-state index contributed by atoms with van der Waals surface area (Å²) in [5, 5.41) is 3.38. The molecular formula is C12H19N3. The van der Waals surface area contributed by atoms with E-state index in [0.717, 1.165) is 32.6 Å². The molecule has 1 aromatic rings. The highest BCUT2D eigenvalue weighted by Gasteiger charge is 2.20. The van der Waals surface area contributed by atoms with E-state index in [4.69, 9.17) is 0 Å². The van der Waals surface area contributed by atoms with E-state index in [0.29, 0.717) is 6.04 Å². The summed E-state index contributed by atoms with van der Waals surface area (Å²) >= 11 is 0. The average molecular weight is 205 g/mol. The highest BCUT2D eigenvalue weighted by Crippen LogP contribution is 2.21. The lowest BCUT2D eigenvalue weighted by molar-refractivity contribution is 0.166. The lowest BCUT2D eigenvalue weighted by Gasteiger charge is -2.34. The molecular weight excluding hydrogens is 186 g/mol. The zero-order valence-electron chi connectivity index (χ0n) is 9.32. The highest BCUT2D eigenvalue weighted by molar-refractivity contribution is 5.09. The van der Waals surface area contributed by atoms with E-state index in [1.54, 1.807) is 0 Å². The van der Waals surface area contributed by atoms with Crippen LogP contribution in [0.2, 0.25) is 0 Å². The first-order valence-electron chi connectivity index (χ1n) is 5.77. The van der Waals surface area contributed by atoms with Gasteiger partial charge in [-0.25, -0.2) is 0 Å². The van der Waals surface area contributed by atoms with Gasteiger partial charge in [-0.1, -0.05) is 13.0 Å². The van der Waals surface area contributed by atoms with E-state index < -0.39 is 0 Å². The first-order chi connectivity index (χ1) is 7.42. The van der Waals surface area contributed by atoms with Crippen molar-refractivity contribution in [2.24, 2.45) is 0 Å². The molecule has 3 nitrogen and oxygen atoms in total. The van der Waals surface area contributed by atoms with E-state index in [2.05, 4.69) is 34.3 Å². The summed E-state index contributed by atoms with van der Waals surface area (Å²) < 4.78 is 0. The fourth-order valence-electron chi connectivity index (χ4n) is 2.22. The van der Waals surface area contributed by atoms with Crippen LogP contribution in [0, 0.1) is 0 Å². The predicted octanol–water partition coefficient (Wildman–Crippen LogP) is 1.44. The Kier molecular flexibility index (Phi) is 3.69. The van der Waals surface area contributed by atoms with Gasteiger partial charge in [0.15, 0.2) is 0 Å². The highest BCUT2D eigenvalue weighted by atomic mass is 15.2. The van der Waals surface area contributed by atoms with Crippen LogP contribution in [0.1, 0.15) is 25.1 Å². The summed E-state index contributed by atoms with van der Waals surface area (Å²) in [7, 11) is 0. The van der Waals surface area contributed by atoms with Crippen LogP contribution in [0.25, 0.3) is 0 Å². The topological polar surface area (TPSA) is 28.2 Å². The van der Waals surface area contributed by atoms with Gasteiger partial charge in [0, 0.05) is 32.4 Å². The second kappa shape index (κ2) is 5.24. The first-order valence-corrected chi connectivity index (χ1v) is 5.77. The smallest absolute Gasteiger partial charge is 0.0575 e. The molecule has 0 bridgehead atoms. The molecule has 1 N–H and O–H groups in total. The van der Waals surface area contributed by atoms with Gasteiger partial charge < -0.3 is 5.32 Å². The first kappa shape index (κ1) is 10.6. The van der Waals surface area contributed by atoms with Crippen molar-refractivity contribution < 1.29 is 0 Å². The molecule has 15 heavy (non-hydrogen) atoms. The number of aromatic nitrogens is 1. The zero-order valence-corrected chi connectivity index (χ0v) is 9.32. The van der Waals surface area contributed by atoms with Crippen molar-refractivity contribution >= 4 is 0 Å². The van der Waals surface area contributed by atoms with Crippen molar-refractivity contribution in [3.8, 4) is 0 Å². The molecule has 1 unspecified atom stereocenters. The van der Waals surface area contributed by atoms with Gasteiger partial charge in [0.1, 0.15) is 0 Å².